The summed E-state index contributed by atoms with van der Waals surface area (Å²) >= 11 is 0. The zero-order valence-electron chi connectivity index (χ0n) is 13.0. The lowest BCUT2D eigenvalue weighted by Crippen LogP contribution is -2.47. The van der Waals surface area contributed by atoms with Gasteiger partial charge in [-0.05, 0) is 24.7 Å². The minimum atomic E-state index is -0.833. The fraction of sp³-hybridized carbons (Fsp3) is 0.867. The van der Waals surface area contributed by atoms with Crippen LogP contribution in [-0.4, -0.2) is 65.8 Å². The number of piperidine rings is 1. The van der Waals surface area contributed by atoms with Crippen molar-refractivity contribution in [2.45, 2.75) is 39.2 Å². The summed E-state index contributed by atoms with van der Waals surface area (Å²) in [4.78, 5) is 26.7. The number of amides is 2. The first kappa shape index (κ1) is 16.1. The minimum Gasteiger partial charge on any atom is -0.481 e. The van der Waals surface area contributed by atoms with Gasteiger partial charge in [-0.2, -0.15) is 0 Å². The van der Waals surface area contributed by atoms with Gasteiger partial charge in [0.15, 0.2) is 0 Å². The van der Waals surface area contributed by atoms with Crippen molar-refractivity contribution in [1.82, 2.24) is 9.80 Å². The molecule has 0 radical (unpaired) electrons. The Hall–Kier alpha value is -1.30. The summed E-state index contributed by atoms with van der Waals surface area (Å²) in [7, 11) is 0. The molecule has 2 unspecified atom stereocenters. The molecule has 2 atom stereocenters. The lowest BCUT2D eigenvalue weighted by molar-refractivity contribution is -0.138. The summed E-state index contributed by atoms with van der Waals surface area (Å²) in [6.45, 7) is 7.77. The maximum Gasteiger partial charge on any atom is 0.320 e. The third-order valence-corrected chi connectivity index (χ3v) is 4.64. The van der Waals surface area contributed by atoms with Crippen molar-refractivity contribution < 1.29 is 19.4 Å². The zero-order chi connectivity index (χ0) is 15.4. The van der Waals surface area contributed by atoms with Crippen LogP contribution in [0.4, 0.5) is 4.79 Å². The van der Waals surface area contributed by atoms with Crippen LogP contribution in [0.15, 0.2) is 0 Å². The number of hydrogen-bond acceptors (Lipinski definition) is 3. The molecule has 0 aromatic carbocycles. The highest BCUT2D eigenvalue weighted by atomic mass is 16.5. The van der Waals surface area contributed by atoms with Crippen molar-refractivity contribution in [1.29, 1.82) is 0 Å². The van der Waals surface area contributed by atoms with E-state index in [0.717, 1.165) is 25.9 Å². The zero-order valence-corrected chi connectivity index (χ0v) is 13.0. The average molecular weight is 298 g/mol. The van der Waals surface area contributed by atoms with E-state index in [-0.39, 0.29) is 25.2 Å². The smallest absolute Gasteiger partial charge is 0.320 e. The molecular weight excluding hydrogens is 272 g/mol. The normalized spacial score (nSPS) is 27.1. The van der Waals surface area contributed by atoms with E-state index in [1.54, 1.807) is 0 Å². The monoisotopic (exact) mass is 298 g/mol. The van der Waals surface area contributed by atoms with Crippen LogP contribution in [-0.2, 0) is 9.53 Å². The number of carboxylic acid groups (broad SMARTS) is 1. The Bertz CT molecular complexity index is 370. The number of hydrogen-bond donors (Lipinski definition) is 1. The van der Waals surface area contributed by atoms with Gasteiger partial charge in [0.1, 0.15) is 0 Å². The highest BCUT2D eigenvalue weighted by Gasteiger charge is 2.33. The Labute approximate surface area is 126 Å². The van der Waals surface area contributed by atoms with E-state index in [2.05, 4.69) is 13.8 Å². The number of urea groups is 1. The maximum absolute atomic E-state index is 12.4. The van der Waals surface area contributed by atoms with E-state index < -0.39 is 5.97 Å². The molecule has 2 saturated heterocycles. The van der Waals surface area contributed by atoms with Gasteiger partial charge in [-0.25, -0.2) is 4.79 Å². The molecule has 0 bridgehead atoms. The number of rotatable bonds is 4. The third-order valence-electron chi connectivity index (χ3n) is 4.64. The Kier molecular flexibility index (Phi) is 5.45. The van der Waals surface area contributed by atoms with E-state index in [4.69, 9.17) is 9.84 Å². The van der Waals surface area contributed by atoms with Gasteiger partial charge in [-0.1, -0.05) is 13.8 Å². The van der Waals surface area contributed by atoms with Gasteiger partial charge in [-0.15, -0.1) is 0 Å². The summed E-state index contributed by atoms with van der Waals surface area (Å²) in [5.41, 5.74) is 0. The molecule has 2 aliphatic rings. The second-order valence-corrected chi connectivity index (χ2v) is 6.34. The lowest BCUT2D eigenvalue weighted by atomic mass is 10.0. The Morgan fingerprint density at radius 1 is 1.10 bits per heavy atom. The highest BCUT2D eigenvalue weighted by Crippen LogP contribution is 2.24. The van der Waals surface area contributed by atoms with E-state index >= 15 is 0 Å². The molecule has 1 N–H and O–H groups in total. The van der Waals surface area contributed by atoms with Gasteiger partial charge >= 0.3 is 12.0 Å². The van der Waals surface area contributed by atoms with Crippen LogP contribution in [0.1, 0.15) is 33.1 Å². The van der Waals surface area contributed by atoms with Crippen molar-refractivity contribution >= 4 is 12.0 Å². The SMILES string of the molecule is CC1CN(C(=O)N2CCC(OCCC(=O)O)CC2)CC1C. The molecule has 2 amide bonds. The van der Waals surface area contributed by atoms with Gasteiger partial charge < -0.3 is 19.6 Å². The fourth-order valence-electron chi connectivity index (χ4n) is 3.01. The number of likely N-dealkylation sites (tertiary alicyclic amines) is 2. The minimum absolute atomic E-state index is 0.0443. The maximum atomic E-state index is 12.4. The van der Waals surface area contributed by atoms with E-state index in [1.807, 2.05) is 9.80 Å². The Morgan fingerprint density at radius 2 is 1.67 bits per heavy atom. The molecule has 6 heteroatoms. The molecule has 21 heavy (non-hydrogen) atoms. The van der Waals surface area contributed by atoms with Crippen molar-refractivity contribution in [3.63, 3.8) is 0 Å². The molecule has 120 valence electrons. The molecule has 0 aromatic rings. The molecule has 2 heterocycles. The topological polar surface area (TPSA) is 70.1 Å². The lowest BCUT2D eigenvalue weighted by Gasteiger charge is -2.34. The van der Waals surface area contributed by atoms with Crippen LogP contribution in [0.3, 0.4) is 0 Å². The summed E-state index contributed by atoms with van der Waals surface area (Å²) < 4.78 is 5.55. The predicted molar refractivity (Wildman–Crippen MR) is 78.1 cm³/mol. The van der Waals surface area contributed by atoms with Gasteiger partial charge in [0, 0.05) is 26.2 Å². The molecule has 0 aliphatic carbocycles. The molecule has 0 spiro atoms. The first-order valence-electron chi connectivity index (χ1n) is 7.84. The van der Waals surface area contributed by atoms with Crippen molar-refractivity contribution in [3.05, 3.63) is 0 Å². The molecule has 2 rings (SSSR count). The van der Waals surface area contributed by atoms with E-state index in [9.17, 15) is 9.59 Å². The molecule has 0 aromatic heterocycles. The predicted octanol–water partition coefficient (Wildman–Crippen LogP) is 1.65. The number of ether oxygens (including phenoxy) is 1. The van der Waals surface area contributed by atoms with Crippen molar-refractivity contribution in [2.75, 3.05) is 32.8 Å². The van der Waals surface area contributed by atoms with Crippen LogP contribution in [0.5, 0.6) is 0 Å². The van der Waals surface area contributed by atoms with Crippen molar-refractivity contribution in [3.8, 4) is 0 Å². The highest BCUT2D eigenvalue weighted by molar-refractivity contribution is 5.75. The molecule has 2 aliphatic heterocycles. The average Bonchev–Trinajstić information content (AvgIpc) is 2.78. The standard InChI is InChI=1S/C15H26N2O4/c1-11-9-17(10-12(11)2)15(20)16-6-3-13(4-7-16)21-8-5-14(18)19/h11-13H,3-10H2,1-2H3,(H,18,19). The third kappa shape index (κ3) is 4.33. The quantitative estimate of drug-likeness (QED) is 0.857. The van der Waals surface area contributed by atoms with Gasteiger partial charge in [0.25, 0.3) is 0 Å². The van der Waals surface area contributed by atoms with Crippen LogP contribution >= 0.6 is 0 Å². The summed E-state index contributed by atoms with van der Waals surface area (Å²) in [6.07, 6.45) is 1.72. The Morgan fingerprint density at radius 3 is 2.19 bits per heavy atom. The fourth-order valence-corrected chi connectivity index (χ4v) is 3.01. The van der Waals surface area contributed by atoms with Gasteiger partial charge in [0.2, 0.25) is 0 Å². The first-order valence-corrected chi connectivity index (χ1v) is 7.84. The van der Waals surface area contributed by atoms with Crippen LogP contribution in [0.2, 0.25) is 0 Å². The Balaban J connectivity index is 1.71. The van der Waals surface area contributed by atoms with E-state index in [0.29, 0.717) is 24.9 Å². The number of aliphatic carboxylic acids is 1. The number of carbonyl (C=O) groups excluding carboxylic acids is 1. The number of nitrogens with zero attached hydrogens (tertiary/aromatic N) is 2. The summed E-state index contributed by atoms with van der Waals surface area (Å²) in [5.74, 6) is 0.316. The molecular formula is C15H26N2O4. The van der Waals surface area contributed by atoms with Gasteiger partial charge in [0.05, 0.1) is 19.1 Å². The first-order chi connectivity index (χ1) is 9.97. The van der Waals surface area contributed by atoms with Gasteiger partial charge in [-0.3, -0.25) is 4.79 Å². The van der Waals surface area contributed by atoms with E-state index in [1.165, 1.54) is 0 Å². The summed E-state index contributed by atoms with van der Waals surface area (Å²) in [6, 6.07) is 0.148. The molecule has 6 nitrogen and oxygen atoms in total. The number of carbonyl (C=O) groups is 2. The van der Waals surface area contributed by atoms with Crippen molar-refractivity contribution in [2.24, 2.45) is 11.8 Å². The molecule has 0 saturated carbocycles. The largest absolute Gasteiger partial charge is 0.481 e. The molecule has 2 fully saturated rings. The second-order valence-electron chi connectivity index (χ2n) is 6.34. The van der Waals surface area contributed by atoms with Crippen LogP contribution in [0.25, 0.3) is 0 Å². The second kappa shape index (κ2) is 7.11. The van der Waals surface area contributed by atoms with Crippen LogP contribution < -0.4 is 0 Å². The number of carboxylic acids is 1. The van der Waals surface area contributed by atoms with Crippen LogP contribution in [0, 0.1) is 11.8 Å². The summed E-state index contributed by atoms with van der Waals surface area (Å²) in [5, 5.41) is 8.58.